The molecule has 0 aliphatic heterocycles. The summed E-state index contributed by atoms with van der Waals surface area (Å²) in [6, 6.07) is 95.3. The lowest BCUT2D eigenvalue weighted by Crippen LogP contribution is -2.31. The van der Waals surface area contributed by atoms with Crippen molar-refractivity contribution < 1.29 is 0 Å². The average Bonchev–Trinajstić information content (AvgIpc) is 2.35. The third-order valence-electron chi connectivity index (χ3n) is 18.2. The monoisotopic (exact) mass is 1080 g/mol. The van der Waals surface area contributed by atoms with Crippen molar-refractivity contribution in [1.29, 1.82) is 0 Å². The Kier molecular flexibility index (Phi) is 13.1. The molecule has 0 heterocycles. The summed E-state index contributed by atoms with van der Waals surface area (Å²) in [5.41, 5.74) is 30.8. The van der Waals surface area contributed by atoms with E-state index in [1.807, 2.05) is 12.2 Å². The van der Waals surface area contributed by atoms with Gasteiger partial charge >= 0.3 is 0 Å². The van der Waals surface area contributed by atoms with Crippen LogP contribution in [0.5, 0.6) is 0 Å². The molecule has 11 aromatic carbocycles. The summed E-state index contributed by atoms with van der Waals surface area (Å²) in [6.07, 6.45) is 10.6. The molecular weight excluding hydrogens is 1010 g/mol. The van der Waals surface area contributed by atoms with E-state index in [9.17, 15) is 0 Å². The molecular formula is C82H66N2. The van der Waals surface area contributed by atoms with Gasteiger partial charge in [-0.1, -0.05) is 231 Å². The fourth-order valence-electron chi connectivity index (χ4n) is 14.3. The molecule has 0 radical (unpaired) electrons. The predicted molar refractivity (Wildman–Crippen MR) is 356 cm³/mol. The van der Waals surface area contributed by atoms with Crippen LogP contribution in [0.3, 0.4) is 0 Å². The Morgan fingerprint density at radius 3 is 1.31 bits per heavy atom. The van der Waals surface area contributed by atoms with E-state index in [0.717, 1.165) is 69.2 Å². The molecule has 0 fully saturated rings. The molecule has 0 saturated carbocycles. The molecule has 0 aromatic heterocycles. The largest absolute Gasteiger partial charge is 0.310 e. The summed E-state index contributed by atoms with van der Waals surface area (Å²) >= 11 is 0. The summed E-state index contributed by atoms with van der Waals surface area (Å²) in [5, 5.41) is 0. The van der Waals surface area contributed by atoms with Crippen molar-refractivity contribution in [2.45, 2.75) is 51.4 Å². The van der Waals surface area contributed by atoms with E-state index in [2.05, 4.69) is 318 Å². The van der Waals surface area contributed by atoms with E-state index in [0.29, 0.717) is 0 Å². The number of anilines is 6. The van der Waals surface area contributed by atoms with Gasteiger partial charge in [0.05, 0.1) is 10.8 Å². The molecule has 3 aliphatic carbocycles. The first-order valence-corrected chi connectivity index (χ1v) is 29.5. The van der Waals surface area contributed by atoms with Crippen LogP contribution in [0, 0.1) is 27.7 Å². The summed E-state index contributed by atoms with van der Waals surface area (Å²) in [4.78, 5) is 4.83. The predicted octanol–water partition coefficient (Wildman–Crippen LogP) is 21.6. The maximum Gasteiger partial charge on any atom is 0.0716 e. The van der Waals surface area contributed by atoms with E-state index in [1.165, 1.54) is 89.0 Å². The SMILES string of the molecule is C=Cc1ccc(C2(c3cc(C)ccc3C)C3=C(C=CCC3)c3ccc(N(c4ccccc4)c4ccc(-c5ccc(N(c6ccccc6)c6ccc7c(c6)C(c6ccc(C=C)cc6)(c6cc(C)ccc6C)c6ccccc6-7)cc5)cc4)cc32)cc1. The fourth-order valence-corrected chi connectivity index (χ4v) is 14.3. The van der Waals surface area contributed by atoms with Crippen molar-refractivity contribution in [3.05, 3.63) is 364 Å². The van der Waals surface area contributed by atoms with Gasteiger partial charge in [0.1, 0.15) is 0 Å². The number of nitrogens with zero attached hydrogens (tertiary/aromatic N) is 2. The number of para-hydroxylation sites is 2. The van der Waals surface area contributed by atoms with E-state index in [1.54, 1.807) is 0 Å². The van der Waals surface area contributed by atoms with Crippen molar-refractivity contribution in [2.24, 2.45) is 0 Å². The lowest BCUT2D eigenvalue weighted by Gasteiger charge is -2.38. The zero-order valence-electron chi connectivity index (χ0n) is 48.3. The maximum absolute atomic E-state index is 4.11. The summed E-state index contributed by atoms with van der Waals surface area (Å²) < 4.78 is 0. The zero-order valence-corrected chi connectivity index (χ0v) is 48.3. The molecule has 2 heteroatoms. The fraction of sp³-hybridized carbons (Fsp3) is 0.0976. The highest BCUT2D eigenvalue weighted by Gasteiger charge is 2.49. The molecule has 0 amide bonds. The number of rotatable bonds is 13. The Bertz CT molecular complexity index is 4410. The second kappa shape index (κ2) is 21.1. The first kappa shape index (κ1) is 52.1. The van der Waals surface area contributed by atoms with Gasteiger partial charge in [-0.05, 0) is 213 Å². The standard InChI is InChI=1S/C82H66N2/c1-7-59-31-39-63(40-32-59)81(77-51-55(3)27-29-57(77)5)75-25-17-15-23-71(75)73-49-47-69(53-79(73)81)83(65-19-11-9-12-20-65)67-43-35-61(36-44-67)62-37-45-68(46-38-62)84(66-21-13-10-14-22-66)70-48-50-74-72-24-16-18-26-76(72)82(80(74)54-70,64-41-33-60(8-2)34-42-64)78-52-56(4)28-30-58(78)6/h7-17,19-25,27-54H,1-2,18,26H2,3-6H3. The number of allylic oxidation sites excluding steroid dienone is 4. The number of fused-ring (bicyclic) bond motifs is 5. The Labute approximate surface area is 496 Å². The topological polar surface area (TPSA) is 6.48 Å². The van der Waals surface area contributed by atoms with Gasteiger partial charge in [-0.3, -0.25) is 0 Å². The second-order valence-electron chi connectivity index (χ2n) is 23.1. The summed E-state index contributed by atoms with van der Waals surface area (Å²) in [6.45, 7) is 17.2. The highest BCUT2D eigenvalue weighted by Crippen LogP contribution is 2.60. The van der Waals surface area contributed by atoms with Gasteiger partial charge < -0.3 is 9.80 Å². The van der Waals surface area contributed by atoms with Crippen molar-refractivity contribution in [2.75, 3.05) is 9.80 Å². The molecule has 14 rings (SSSR count). The van der Waals surface area contributed by atoms with Crippen LogP contribution in [0.2, 0.25) is 0 Å². The van der Waals surface area contributed by atoms with Gasteiger partial charge in [-0.15, -0.1) is 0 Å². The van der Waals surface area contributed by atoms with E-state index in [4.69, 9.17) is 0 Å². The number of hydrogen-bond acceptors (Lipinski definition) is 2. The zero-order chi connectivity index (χ0) is 57.1. The highest BCUT2D eigenvalue weighted by atomic mass is 15.1. The molecule has 2 nitrogen and oxygen atoms in total. The second-order valence-corrected chi connectivity index (χ2v) is 23.1. The van der Waals surface area contributed by atoms with Crippen LogP contribution in [0.25, 0.3) is 40.0 Å². The molecule has 0 saturated heterocycles. The van der Waals surface area contributed by atoms with E-state index < -0.39 is 10.8 Å². The van der Waals surface area contributed by atoms with Gasteiger partial charge in [0.25, 0.3) is 0 Å². The number of benzene rings is 11. The molecule has 0 bridgehead atoms. The Morgan fingerprint density at radius 1 is 0.357 bits per heavy atom. The number of aryl methyl sites for hydroxylation is 4. The van der Waals surface area contributed by atoms with Crippen LogP contribution >= 0.6 is 0 Å². The van der Waals surface area contributed by atoms with Gasteiger partial charge in [-0.2, -0.15) is 0 Å². The summed E-state index contributed by atoms with van der Waals surface area (Å²) in [7, 11) is 0. The van der Waals surface area contributed by atoms with Crippen LogP contribution in [0.15, 0.2) is 286 Å². The van der Waals surface area contributed by atoms with Gasteiger partial charge in [0.2, 0.25) is 0 Å². The quantitative estimate of drug-likeness (QED) is 0.114. The van der Waals surface area contributed by atoms with Crippen LogP contribution in [-0.4, -0.2) is 0 Å². The smallest absolute Gasteiger partial charge is 0.0716 e. The Morgan fingerprint density at radius 2 is 0.786 bits per heavy atom. The van der Waals surface area contributed by atoms with Crippen LogP contribution in [-0.2, 0) is 10.8 Å². The third-order valence-corrected chi connectivity index (χ3v) is 18.2. The lowest BCUT2D eigenvalue weighted by molar-refractivity contribution is 0.691. The molecule has 84 heavy (non-hydrogen) atoms. The molecule has 3 aliphatic rings. The molecule has 404 valence electrons. The molecule has 11 aromatic rings. The lowest BCUT2D eigenvalue weighted by atomic mass is 9.64. The summed E-state index contributed by atoms with van der Waals surface area (Å²) in [5.74, 6) is 0. The Balaban J connectivity index is 0.857. The van der Waals surface area contributed by atoms with Crippen molar-refractivity contribution in [3.63, 3.8) is 0 Å². The first-order valence-electron chi connectivity index (χ1n) is 29.5. The minimum absolute atomic E-state index is 0.481. The molecule has 0 N–H and O–H groups in total. The third kappa shape index (κ3) is 8.38. The maximum atomic E-state index is 4.11. The van der Waals surface area contributed by atoms with Crippen LogP contribution < -0.4 is 9.80 Å². The van der Waals surface area contributed by atoms with Crippen molar-refractivity contribution in [1.82, 2.24) is 0 Å². The minimum Gasteiger partial charge on any atom is -0.310 e. The first-order chi connectivity index (χ1) is 41.2. The van der Waals surface area contributed by atoms with Crippen LogP contribution in [0.4, 0.5) is 34.1 Å². The minimum atomic E-state index is -0.565. The molecule has 2 atom stereocenters. The van der Waals surface area contributed by atoms with Crippen molar-refractivity contribution in [3.8, 4) is 22.3 Å². The van der Waals surface area contributed by atoms with Crippen LogP contribution in [0.1, 0.15) is 90.7 Å². The van der Waals surface area contributed by atoms with E-state index >= 15 is 0 Å². The normalized spacial score (nSPS) is 16.3. The molecule has 2 unspecified atom stereocenters. The van der Waals surface area contributed by atoms with Gasteiger partial charge in [0.15, 0.2) is 0 Å². The van der Waals surface area contributed by atoms with E-state index in [-0.39, 0.29) is 0 Å². The highest BCUT2D eigenvalue weighted by molar-refractivity contribution is 5.94. The van der Waals surface area contributed by atoms with Gasteiger partial charge in [-0.25, -0.2) is 0 Å². The van der Waals surface area contributed by atoms with Gasteiger partial charge in [0, 0.05) is 34.1 Å². The number of hydrogen-bond donors (Lipinski definition) is 0. The molecule has 0 spiro atoms. The average molecular weight is 1080 g/mol. The Hall–Kier alpha value is -10.0. The van der Waals surface area contributed by atoms with Crippen molar-refractivity contribution >= 4 is 51.8 Å².